The number of benzene rings is 3. The number of amides is 1. The van der Waals surface area contributed by atoms with Crippen molar-refractivity contribution in [2.75, 3.05) is 16.8 Å². The number of aliphatic hydroxyl groups excluding tert-OH is 2. The van der Waals surface area contributed by atoms with E-state index in [-0.39, 0.29) is 35.5 Å². The number of sulfonamides is 2. The number of aryl methyl sites for hydroxylation is 1. The molecule has 0 unspecified atom stereocenters. The summed E-state index contributed by atoms with van der Waals surface area (Å²) in [6.45, 7) is -0.116. The van der Waals surface area contributed by atoms with E-state index >= 15 is 0 Å². The number of likely N-dealkylation sites (tertiary alicyclic amines) is 1. The van der Waals surface area contributed by atoms with Crippen molar-refractivity contribution in [1.29, 1.82) is 0 Å². The van der Waals surface area contributed by atoms with Gasteiger partial charge >= 0.3 is 12.4 Å². The number of halogens is 6. The van der Waals surface area contributed by atoms with Crippen LogP contribution in [-0.4, -0.2) is 63.2 Å². The average molecular weight is 667 g/mol. The minimum Gasteiger partial charge on any atom is -0.388 e. The van der Waals surface area contributed by atoms with E-state index in [1.165, 1.54) is 17.0 Å². The Kier molecular flexibility index (Phi) is 9.08. The number of nitrogens with zero attached hydrogens (tertiary/aromatic N) is 2. The number of hydrogen-bond donors (Lipinski definition) is 2. The zero-order valence-electron chi connectivity index (χ0n) is 22.3. The second-order valence-corrected chi connectivity index (χ2v) is 13.7. The number of hydrogen-bond acceptors (Lipinski definition) is 7. The summed E-state index contributed by atoms with van der Waals surface area (Å²) in [5.41, 5.74) is -2.47. The third-order valence-corrected chi connectivity index (χ3v) is 11.0. The van der Waals surface area contributed by atoms with Gasteiger partial charge in [0.05, 0.1) is 38.8 Å². The lowest BCUT2D eigenvalue weighted by Gasteiger charge is -2.25. The standard InChI is InChI=1S/C27H24F6N2O7S2/c28-26(29,30)18-4-10-21(11-5-18)43(39,40)35(44(41,42)22-12-6-19(7-13-22)27(31,32)33)20-8-1-17(2-9-20)3-14-25(38)34-15-23(36)24(37)16-34/h1-2,4-13,23-24,36-37H,3,14-16H2/t23-,24-/m0/s1. The molecule has 1 fully saturated rings. The maximum absolute atomic E-state index is 13.6. The van der Waals surface area contributed by atoms with Crippen LogP contribution in [0.5, 0.6) is 0 Å². The molecule has 1 aliphatic rings. The molecule has 1 heterocycles. The molecule has 0 aliphatic carbocycles. The summed E-state index contributed by atoms with van der Waals surface area (Å²) in [4.78, 5) is 12.0. The van der Waals surface area contributed by atoms with Gasteiger partial charge in [0.2, 0.25) is 5.91 Å². The molecule has 1 amide bonds. The number of β-amino-alcohol motifs (C(OH)–C–C–N with tert-alkyl or cyclic N) is 2. The van der Waals surface area contributed by atoms with Gasteiger partial charge in [-0.2, -0.15) is 30.1 Å². The SMILES string of the molecule is O=C(CCc1ccc(N(S(=O)(=O)c2ccc(C(F)(F)F)cc2)S(=O)(=O)c2ccc(C(F)(F)F)cc2)cc1)N1C[C@H](O)[C@@H](O)C1. The second kappa shape index (κ2) is 12.0. The van der Waals surface area contributed by atoms with Crippen LogP contribution in [0.15, 0.2) is 82.6 Å². The molecule has 0 spiro atoms. The van der Waals surface area contributed by atoms with Crippen LogP contribution >= 0.6 is 0 Å². The van der Waals surface area contributed by atoms with Crippen molar-refractivity contribution in [2.45, 2.75) is 47.2 Å². The fraction of sp³-hybridized carbons (Fsp3) is 0.296. The van der Waals surface area contributed by atoms with Crippen molar-refractivity contribution in [3.05, 3.63) is 89.5 Å². The van der Waals surface area contributed by atoms with Gasteiger partial charge in [0.25, 0.3) is 20.0 Å². The highest BCUT2D eigenvalue weighted by Crippen LogP contribution is 2.35. The summed E-state index contributed by atoms with van der Waals surface area (Å²) in [7, 11) is -10.3. The van der Waals surface area contributed by atoms with Gasteiger partial charge < -0.3 is 15.1 Å². The summed E-state index contributed by atoms with van der Waals surface area (Å²) < 4.78 is 133. The van der Waals surface area contributed by atoms with Gasteiger partial charge in [-0.3, -0.25) is 4.79 Å². The predicted octanol–water partition coefficient (Wildman–Crippen LogP) is 3.81. The Bertz CT molecular complexity index is 1610. The van der Waals surface area contributed by atoms with Crippen LogP contribution < -0.4 is 3.71 Å². The van der Waals surface area contributed by atoms with E-state index in [0.29, 0.717) is 54.1 Å². The lowest BCUT2D eigenvalue weighted by atomic mass is 10.1. The van der Waals surface area contributed by atoms with E-state index in [0.717, 1.165) is 12.1 Å². The van der Waals surface area contributed by atoms with Gasteiger partial charge in [-0.05, 0) is 72.6 Å². The summed E-state index contributed by atoms with van der Waals surface area (Å²) in [6, 6.07) is 8.70. The molecule has 3 aromatic rings. The first kappa shape index (κ1) is 33.2. The number of alkyl halides is 6. The highest BCUT2D eigenvalue weighted by atomic mass is 32.3. The Balaban J connectivity index is 1.69. The fourth-order valence-electron chi connectivity index (χ4n) is 4.40. The van der Waals surface area contributed by atoms with Crippen molar-refractivity contribution in [1.82, 2.24) is 4.90 Å². The Hall–Kier alpha value is -3.67. The lowest BCUT2D eigenvalue weighted by Crippen LogP contribution is -2.37. The van der Waals surface area contributed by atoms with Gasteiger partial charge in [-0.1, -0.05) is 12.1 Å². The van der Waals surface area contributed by atoms with Gasteiger partial charge in [-0.25, -0.2) is 16.8 Å². The zero-order chi connectivity index (χ0) is 32.7. The molecule has 17 heteroatoms. The number of anilines is 1. The minimum absolute atomic E-state index is 0.0580. The molecule has 9 nitrogen and oxygen atoms in total. The molecule has 44 heavy (non-hydrogen) atoms. The summed E-state index contributed by atoms with van der Waals surface area (Å²) in [6.07, 6.45) is -11.8. The Morgan fingerprint density at radius 1 is 0.705 bits per heavy atom. The fourth-order valence-corrected chi connectivity index (χ4v) is 8.09. The van der Waals surface area contributed by atoms with Crippen LogP contribution in [0.25, 0.3) is 0 Å². The molecule has 1 aliphatic heterocycles. The number of carbonyl (C=O) groups is 1. The zero-order valence-corrected chi connectivity index (χ0v) is 24.0. The molecular weight excluding hydrogens is 642 g/mol. The third kappa shape index (κ3) is 7.00. The van der Waals surface area contributed by atoms with E-state index in [1.807, 2.05) is 0 Å². The van der Waals surface area contributed by atoms with Crippen LogP contribution in [0, 0.1) is 0 Å². The second-order valence-electron chi connectivity index (χ2n) is 9.85. The monoisotopic (exact) mass is 666 g/mol. The largest absolute Gasteiger partial charge is 0.416 e. The van der Waals surface area contributed by atoms with Crippen LogP contribution in [0.4, 0.5) is 32.0 Å². The molecule has 2 N–H and O–H groups in total. The summed E-state index contributed by atoms with van der Waals surface area (Å²) in [5.74, 6) is -0.388. The molecule has 2 atom stereocenters. The highest BCUT2D eigenvalue weighted by Gasteiger charge is 2.39. The smallest absolute Gasteiger partial charge is 0.388 e. The van der Waals surface area contributed by atoms with Gasteiger partial charge in [0.1, 0.15) is 0 Å². The number of rotatable bonds is 8. The van der Waals surface area contributed by atoms with Crippen LogP contribution in [0.3, 0.4) is 0 Å². The van der Waals surface area contributed by atoms with Crippen LogP contribution in [0.1, 0.15) is 23.1 Å². The first-order chi connectivity index (χ1) is 20.3. The van der Waals surface area contributed by atoms with Gasteiger partial charge in [0, 0.05) is 19.5 Å². The van der Waals surface area contributed by atoms with Crippen molar-refractivity contribution >= 4 is 31.6 Å². The first-order valence-electron chi connectivity index (χ1n) is 12.7. The topological polar surface area (TPSA) is 132 Å². The van der Waals surface area contributed by atoms with Crippen LogP contribution in [-0.2, 0) is 43.6 Å². The summed E-state index contributed by atoms with van der Waals surface area (Å²) in [5, 5.41) is 19.3. The van der Waals surface area contributed by atoms with E-state index in [1.54, 1.807) is 0 Å². The van der Waals surface area contributed by atoms with Crippen molar-refractivity contribution in [3.63, 3.8) is 0 Å². The molecule has 238 valence electrons. The van der Waals surface area contributed by atoms with Gasteiger partial charge in [0.15, 0.2) is 0 Å². The summed E-state index contributed by atoms with van der Waals surface area (Å²) >= 11 is 0. The third-order valence-electron chi connectivity index (χ3n) is 6.78. The molecule has 3 aromatic carbocycles. The molecular formula is C27H24F6N2O7S2. The Morgan fingerprint density at radius 2 is 1.09 bits per heavy atom. The normalized spacial score (nSPS) is 18.0. The molecule has 1 saturated heterocycles. The minimum atomic E-state index is -5.17. The van der Waals surface area contributed by atoms with Crippen molar-refractivity contribution in [3.8, 4) is 0 Å². The van der Waals surface area contributed by atoms with E-state index in [2.05, 4.69) is 0 Å². The molecule has 0 bridgehead atoms. The Morgan fingerprint density at radius 3 is 1.45 bits per heavy atom. The molecule has 0 saturated carbocycles. The van der Waals surface area contributed by atoms with Gasteiger partial charge in [-0.15, -0.1) is 0 Å². The predicted molar refractivity (Wildman–Crippen MR) is 143 cm³/mol. The molecule has 4 rings (SSSR count). The maximum atomic E-state index is 13.6. The number of carbonyl (C=O) groups excluding carboxylic acids is 1. The highest BCUT2D eigenvalue weighted by molar-refractivity contribution is 8.10. The Labute approximate surface area is 248 Å². The van der Waals surface area contributed by atoms with Crippen LogP contribution in [0.2, 0.25) is 0 Å². The van der Waals surface area contributed by atoms with Crippen molar-refractivity contribution < 1.29 is 58.2 Å². The molecule has 0 aromatic heterocycles. The quantitative estimate of drug-likeness (QED) is 0.350. The van der Waals surface area contributed by atoms with E-state index < -0.39 is 71.2 Å². The molecule has 0 radical (unpaired) electrons. The maximum Gasteiger partial charge on any atom is 0.416 e. The first-order valence-corrected chi connectivity index (χ1v) is 15.6. The van der Waals surface area contributed by atoms with E-state index in [9.17, 15) is 58.2 Å². The average Bonchev–Trinajstić information content (AvgIpc) is 3.29. The van der Waals surface area contributed by atoms with E-state index in [4.69, 9.17) is 0 Å². The number of aliphatic hydroxyl groups is 2. The van der Waals surface area contributed by atoms with Crippen molar-refractivity contribution in [2.24, 2.45) is 0 Å². The lowest BCUT2D eigenvalue weighted by molar-refractivity contribution is -0.138.